The van der Waals surface area contributed by atoms with Crippen molar-refractivity contribution in [1.29, 1.82) is 0 Å². The summed E-state index contributed by atoms with van der Waals surface area (Å²) in [6.45, 7) is 6.68. The van der Waals surface area contributed by atoms with Crippen LogP contribution in [0.2, 0.25) is 0 Å². The van der Waals surface area contributed by atoms with Crippen LogP contribution in [-0.2, 0) is 4.74 Å². The van der Waals surface area contributed by atoms with Gasteiger partial charge in [0.05, 0.1) is 24.3 Å². The zero-order valence-corrected chi connectivity index (χ0v) is 15.5. The van der Waals surface area contributed by atoms with Gasteiger partial charge >= 0.3 is 0 Å². The SMILES string of the molecule is CC1(C)COCCN1c1ccc(NC(=O)c2ccccc2Br)cc1. The molecule has 1 saturated heterocycles. The Labute approximate surface area is 150 Å². The van der Waals surface area contributed by atoms with Gasteiger partial charge in [-0.25, -0.2) is 0 Å². The number of morpholine rings is 1. The van der Waals surface area contributed by atoms with E-state index in [2.05, 4.69) is 40.0 Å². The Hall–Kier alpha value is -1.85. The van der Waals surface area contributed by atoms with Crippen molar-refractivity contribution in [3.05, 3.63) is 58.6 Å². The maximum atomic E-state index is 12.4. The van der Waals surface area contributed by atoms with Crippen LogP contribution in [0.25, 0.3) is 0 Å². The molecule has 4 nitrogen and oxygen atoms in total. The summed E-state index contributed by atoms with van der Waals surface area (Å²) >= 11 is 3.41. The second-order valence-electron chi connectivity index (χ2n) is 6.50. The summed E-state index contributed by atoms with van der Waals surface area (Å²) in [6.07, 6.45) is 0. The molecule has 0 bridgehead atoms. The largest absolute Gasteiger partial charge is 0.377 e. The van der Waals surface area contributed by atoms with E-state index in [1.807, 2.05) is 42.5 Å². The Morgan fingerprint density at radius 2 is 1.88 bits per heavy atom. The Kier molecular flexibility index (Phi) is 4.92. The van der Waals surface area contributed by atoms with Crippen LogP contribution >= 0.6 is 15.9 Å². The lowest BCUT2D eigenvalue weighted by atomic mass is 10.0. The summed E-state index contributed by atoms with van der Waals surface area (Å²) in [4.78, 5) is 14.7. The number of ether oxygens (including phenoxy) is 1. The van der Waals surface area contributed by atoms with Gasteiger partial charge in [-0.1, -0.05) is 12.1 Å². The van der Waals surface area contributed by atoms with Crippen LogP contribution < -0.4 is 10.2 Å². The first-order valence-electron chi connectivity index (χ1n) is 7.99. The highest BCUT2D eigenvalue weighted by molar-refractivity contribution is 9.10. The molecular weight excluding hydrogens is 368 g/mol. The van der Waals surface area contributed by atoms with Gasteiger partial charge < -0.3 is 15.0 Å². The van der Waals surface area contributed by atoms with E-state index in [-0.39, 0.29) is 11.4 Å². The number of hydrogen-bond donors (Lipinski definition) is 1. The molecule has 0 radical (unpaired) electrons. The molecule has 24 heavy (non-hydrogen) atoms. The minimum absolute atomic E-state index is 0.0298. The van der Waals surface area contributed by atoms with Crippen LogP contribution in [0.1, 0.15) is 24.2 Å². The van der Waals surface area contributed by atoms with E-state index in [1.54, 1.807) is 6.07 Å². The second-order valence-corrected chi connectivity index (χ2v) is 7.35. The molecule has 1 fully saturated rings. The summed E-state index contributed by atoms with van der Waals surface area (Å²) in [6, 6.07) is 15.4. The third-order valence-corrected chi connectivity index (χ3v) is 4.89. The van der Waals surface area contributed by atoms with Gasteiger partial charge in [0.1, 0.15) is 0 Å². The first-order chi connectivity index (χ1) is 11.5. The fourth-order valence-electron chi connectivity index (χ4n) is 2.91. The van der Waals surface area contributed by atoms with E-state index in [4.69, 9.17) is 4.74 Å². The van der Waals surface area contributed by atoms with E-state index in [9.17, 15) is 4.79 Å². The average Bonchev–Trinajstić information content (AvgIpc) is 2.56. The highest BCUT2D eigenvalue weighted by Gasteiger charge is 2.30. The molecule has 1 N–H and O–H groups in total. The molecule has 1 aliphatic rings. The monoisotopic (exact) mass is 388 g/mol. The van der Waals surface area contributed by atoms with E-state index >= 15 is 0 Å². The summed E-state index contributed by atoms with van der Waals surface area (Å²) in [5.41, 5.74) is 2.52. The Morgan fingerprint density at radius 3 is 2.54 bits per heavy atom. The third kappa shape index (κ3) is 3.62. The molecule has 0 unspecified atom stereocenters. The van der Waals surface area contributed by atoms with Crippen molar-refractivity contribution < 1.29 is 9.53 Å². The van der Waals surface area contributed by atoms with E-state index in [1.165, 1.54) is 0 Å². The molecule has 2 aromatic carbocycles. The first-order valence-corrected chi connectivity index (χ1v) is 8.78. The lowest BCUT2D eigenvalue weighted by Gasteiger charge is -2.43. The standard InChI is InChI=1S/C19H21BrN2O2/c1-19(2)13-24-12-11-22(19)15-9-7-14(8-10-15)21-18(23)16-5-3-4-6-17(16)20/h3-10H,11-13H2,1-2H3,(H,21,23). The topological polar surface area (TPSA) is 41.6 Å². The van der Waals surface area contributed by atoms with E-state index in [0.717, 1.165) is 29.0 Å². The van der Waals surface area contributed by atoms with Crippen LogP contribution in [0, 0.1) is 0 Å². The summed E-state index contributed by atoms with van der Waals surface area (Å²) in [5.74, 6) is -0.123. The molecule has 1 heterocycles. The Bertz CT molecular complexity index is 728. The lowest BCUT2D eigenvalue weighted by molar-refractivity contribution is 0.0644. The molecule has 1 aliphatic heterocycles. The van der Waals surface area contributed by atoms with Crippen molar-refractivity contribution in [3.8, 4) is 0 Å². The van der Waals surface area contributed by atoms with Crippen LogP contribution in [0.5, 0.6) is 0 Å². The predicted molar refractivity (Wildman–Crippen MR) is 101 cm³/mol. The van der Waals surface area contributed by atoms with Crippen LogP contribution in [0.15, 0.2) is 53.0 Å². The number of rotatable bonds is 3. The predicted octanol–water partition coefficient (Wildman–Crippen LogP) is 4.32. The summed E-state index contributed by atoms with van der Waals surface area (Å²) in [5, 5.41) is 2.94. The number of nitrogens with zero attached hydrogens (tertiary/aromatic N) is 1. The van der Waals surface area contributed by atoms with Crippen molar-refractivity contribution >= 4 is 33.2 Å². The smallest absolute Gasteiger partial charge is 0.256 e. The maximum Gasteiger partial charge on any atom is 0.256 e. The maximum absolute atomic E-state index is 12.4. The van der Waals surface area contributed by atoms with Gasteiger partial charge in [-0.3, -0.25) is 4.79 Å². The molecule has 0 aliphatic carbocycles. The molecule has 0 saturated carbocycles. The number of carbonyl (C=O) groups is 1. The van der Waals surface area contributed by atoms with Gasteiger partial charge in [0, 0.05) is 22.4 Å². The Balaban J connectivity index is 1.73. The number of amides is 1. The molecule has 0 aromatic heterocycles. The second kappa shape index (κ2) is 6.95. The molecule has 2 aromatic rings. The quantitative estimate of drug-likeness (QED) is 0.851. The molecule has 5 heteroatoms. The summed E-state index contributed by atoms with van der Waals surface area (Å²) < 4.78 is 6.36. The van der Waals surface area contributed by atoms with Crippen molar-refractivity contribution in [2.45, 2.75) is 19.4 Å². The van der Waals surface area contributed by atoms with E-state index < -0.39 is 0 Å². The lowest BCUT2D eigenvalue weighted by Crippen LogP contribution is -2.53. The number of nitrogens with one attached hydrogen (secondary N) is 1. The zero-order chi connectivity index (χ0) is 17.2. The highest BCUT2D eigenvalue weighted by Crippen LogP contribution is 2.28. The molecule has 0 spiro atoms. The minimum Gasteiger partial charge on any atom is -0.377 e. The van der Waals surface area contributed by atoms with Gasteiger partial charge in [-0.05, 0) is 66.2 Å². The van der Waals surface area contributed by atoms with Gasteiger partial charge in [0.25, 0.3) is 5.91 Å². The molecule has 1 amide bonds. The van der Waals surface area contributed by atoms with Gasteiger partial charge in [0.15, 0.2) is 0 Å². The van der Waals surface area contributed by atoms with E-state index in [0.29, 0.717) is 12.2 Å². The molecule has 3 rings (SSSR count). The number of anilines is 2. The zero-order valence-electron chi connectivity index (χ0n) is 13.9. The van der Waals surface area contributed by atoms with Gasteiger partial charge in [-0.15, -0.1) is 0 Å². The van der Waals surface area contributed by atoms with Crippen LogP contribution in [0.4, 0.5) is 11.4 Å². The number of halogens is 1. The fraction of sp³-hybridized carbons (Fsp3) is 0.316. The minimum atomic E-state index is -0.123. The molecule has 126 valence electrons. The van der Waals surface area contributed by atoms with Gasteiger partial charge in [-0.2, -0.15) is 0 Å². The van der Waals surface area contributed by atoms with Crippen molar-refractivity contribution in [2.75, 3.05) is 30.0 Å². The van der Waals surface area contributed by atoms with Crippen molar-refractivity contribution in [1.82, 2.24) is 0 Å². The van der Waals surface area contributed by atoms with Gasteiger partial charge in [0.2, 0.25) is 0 Å². The number of benzene rings is 2. The first kappa shape index (κ1) is 17.0. The molecular formula is C19H21BrN2O2. The molecule has 0 atom stereocenters. The normalized spacial score (nSPS) is 16.7. The van der Waals surface area contributed by atoms with Crippen molar-refractivity contribution in [2.24, 2.45) is 0 Å². The summed E-state index contributed by atoms with van der Waals surface area (Å²) in [7, 11) is 0. The van der Waals surface area contributed by atoms with Crippen molar-refractivity contribution in [3.63, 3.8) is 0 Å². The Morgan fingerprint density at radius 1 is 1.17 bits per heavy atom. The fourth-order valence-corrected chi connectivity index (χ4v) is 3.37. The highest BCUT2D eigenvalue weighted by atomic mass is 79.9. The average molecular weight is 389 g/mol. The van der Waals surface area contributed by atoms with Crippen LogP contribution in [0.3, 0.4) is 0 Å². The number of hydrogen-bond acceptors (Lipinski definition) is 3. The van der Waals surface area contributed by atoms with Crippen LogP contribution in [-0.4, -0.2) is 31.2 Å². The number of carbonyl (C=O) groups excluding carboxylic acids is 1. The third-order valence-electron chi connectivity index (χ3n) is 4.20.